The van der Waals surface area contributed by atoms with Gasteiger partial charge in [0.1, 0.15) is 5.16 Å². The molecule has 76 valence electrons. The summed E-state index contributed by atoms with van der Waals surface area (Å²) in [4.78, 5) is 13.8. The summed E-state index contributed by atoms with van der Waals surface area (Å²) >= 11 is 0. The quantitative estimate of drug-likeness (QED) is 0.373. The molecule has 0 fully saturated rings. The second-order valence-electron chi connectivity index (χ2n) is 2.93. The summed E-state index contributed by atoms with van der Waals surface area (Å²) in [5.41, 5.74) is 0. The summed E-state index contributed by atoms with van der Waals surface area (Å²) in [7, 11) is 1.53. The van der Waals surface area contributed by atoms with Gasteiger partial charge in [-0.15, -0.1) is 0 Å². The van der Waals surface area contributed by atoms with Gasteiger partial charge in [-0.3, -0.25) is 0 Å². The monoisotopic (exact) mass is 205 g/mol. The van der Waals surface area contributed by atoms with Gasteiger partial charge < -0.3 is 13.3 Å². The van der Waals surface area contributed by atoms with Crippen molar-refractivity contribution in [3.8, 4) is 0 Å². The van der Waals surface area contributed by atoms with E-state index >= 15 is 0 Å². The SMILES string of the molecule is CO[Si](OC)(OC)C(C)(C)N=C=O. The van der Waals surface area contributed by atoms with Crippen LogP contribution >= 0.6 is 0 Å². The summed E-state index contributed by atoms with van der Waals surface area (Å²) in [5, 5.41) is -0.812. The Morgan fingerprint density at radius 2 is 1.54 bits per heavy atom. The van der Waals surface area contributed by atoms with E-state index in [0.717, 1.165) is 0 Å². The summed E-state index contributed by atoms with van der Waals surface area (Å²) in [6.45, 7) is 3.42. The fourth-order valence-electron chi connectivity index (χ4n) is 1.18. The number of rotatable bonds is 5. The molecular weight excluding hydrogens is 190 g/mol. The zero-order chi connectivity index (χ0) is 10.5. The molecule has 0 saturated heterocycles. The number of aliphatic imine (C=N–C) groups is 1. The van der Waals surface area contributed by atoms with E-state index in [1.807, 2.05) is 0 Å². The first-order chi connectivity index (χ1) is 5.99. The maximum absolute atomic E-state index is 10.2. The summed E-state index contributed by atoms with van der Waals surface area (Å²) in [5.74, 6) is 0. The Morgan fingerprint density at radius 3 is 1.77 bits per heavy atom. The first-order valence-electron chi connectivity index (χ1n) is 3.74. The standard InChI is InChI=1S/C7H15NO4Si/c1-7(2,8-6-9)13(10-3,11-4)12-5/h1-5H3. The van der Waals surface area contributed by atoms with Gasteiger partial charge in [-0.1, -0.05) is 0 Å². The molecule has 0 atom stereocenters. The number of hydrogen-bond acceptors (Lipinski definition) is 5. The van der Waals surface area contributed by atoms with Crippen LogP contribution in [0, 0.1) is 0 Å². The molecule has 0 aromatic carbocycles. The number of carbonyl (C=O) groups excluding carboxylic acids is 1. The van der Waals surface area contributed by atoms with E-state index in [1.54, 1.807) is 13.8 Å². The Kier molecular flexibility index (Phi) is 4.45. The van der Waals surface area contributed by atoms with Gasteiger partial charge in [0.05, 0.1) is 0 Å². The van der Waals surface area contributed by atoms with Crippen molar-refractivity contribution in [2.45, 2.75) is 19.0 Å². The molecule has 0 aromatic rings. The first-order valence-corrected chi connectivity index (χ1v) is 5.46. The lowest BCUT2D eigenvalue weighted by Gasteiger charge is -2.34. The van der Waals surface area contributed by atoms with E-state index in [9.17, 15) is 4.79 Å². The normalized spacial score (nSPS) is 12.4. The lowest BCUT2D eigenvalue weighted by atomic mass is 10.4. The van der Waals surface area contributed by atoms with Crippen LogP contribution in [-0.4, -0.2) is 41.4 Å². The van der Waals surface area contributed by atoms with E-state index < -0.39 is 14.0 Å². The lowest BCUT2D eigenvalue weighted by Crippen LogP contribution is -2.59. The second-order valence-corrected chi connectivity index (χ2v) is 6.49. The minimum Gasteiger partial charge on any atom is -0.375 e. The average Bonchev–Trinajstić information content (AvgIpc) is 2.07. The highest BCUT2D eigenvalue weighted by Crippen LogP contribution is 2.25. The molecule has 13 heavy (non-hydrogen) atoms. The molecule has 5 nitrogen and oxygen atoms in total. The molecule has 0 aliphatic rings. The van der Waals surface area contributed by atoms with Crippen molar-refractivity contribution >= 4 is 14.9 Å². The topological polar surface area (TPSA) is 57.1 Å². The Hall–Kier alpha value is -0.523. The number of nitrogens with zero attached hydrogens (tertiary/aromatic N) is 1. The van der Waals surface area contributed by atoms with Gasteiger partial charge in [-0.2, -0.15) is 4.99 Å². The van der Waals surface area contributed by atoms with Crippen LogP contribution in [0.3, 0.4) is 0 Å². The van der Waals surface area contributed by atoms with Crippen molar-refractivity contribution in [2.24, 2.45) is 4.99 Å². The molecule has 0 aliphatic carbocycles. The fraction of sp³-hybridized carbons (Fsp3) is 0.857. The Balaban J connectivity index is 5.01. The predicted octanol–water partition coefficient (Wildman–Crippen LogP) is 0.518. The summed E-state index contributed by atoms with van der Waals surface area (Å²) < 4.78 is 15.5. The highest BCUT2D eigenvalue weighted by Gasteiger charge is 2.54. The van der Waals surface area contributed by atoms with Gasteiger partial charge >= 0.3 is 8.80 Å². The first kappa shape index (κ1) is 12.5. The van der Waals surface area contributed by atoms with Crippen LogP contribution in [0.1, 0.15) is 13.8 Å². The third-order valence-corrected chi connectivity index (χ3v) is 5.10. The molecule has 6 heteroatoms. The molecule has 0 spiro atoms. The highest BCUT2D eigenvalue weighted by atomic mass is 28.4. The molecular formula is C7H15NO4Si. The van der Waals surface area contributed by atoms with E-state index in [4.69, 9.17) is 13.3 Å². The summed E-state index contributed by atoms with van der Waals surface area (Å²) in [6.07, 6.45) is 1.49. The van der Waals surface area contributed by atoms with Gasteiger partial charge in [0.2, 0.25) is 6.08 Å². The molecule has 0 rings (SSSR count). The van der Waals surface area contributed by atoms with Gasteiger partial charge in [-0.25, -0.2) is 4.79 Å². The van der Waals surface area contributed by atoms with Crippen LogP contribution in [0.25, 0.3) is 0 Å². The van der Waals surface area contributed by atoms with Crippen LogP contribution in [0.5, 0.6) is 0 Å². The zero-order valence-corrected chi connectivity index (χ0v) is 9.58. The molecule has 0 N–H and O–H groups in total. The van der Waals surface area contributed by atoms with Crippen LogP contribution in [-0.2, 0) is 18.1 Å². The number of hydrogen-bond donors (Lipinski definition) is 0. The van der Waals surface area contributed by atoms with E-state index in [2.05, 4.69) is 4.99 Å². The molecule has 0 unspecified atom stereocenters. The third-order valence-electron chi connectivity index (χ3n) is 1.88. The van der Waals surface area contributed by atoms with Gasteiger partial charge in [-0.05, 0) is 13.8 Å². The Morgan fingerprint density at radius 1 is 1.15 bits per heavy atom. The lowest BCUT2D eigenvalue weighted by molar-refractivity contribution is 0.0989. The van der Waals surface area contributed by atoms with Crippen molar-refractivity contribution in [3.63, 3.8) is 0 Å². The van der Waals surface area contributed by atoms with Crippen LogP contribution in [0.4, 0.5) is 0 Å². The van der Waals surface area contributed by atoms with E-state index in [-0.39, 0.29) is 0 Å². The van der Waals surface area contributed by atoms with E-state index in [0.29, 0.717) is 0 Å². The Labute approximate surface area is 79.1 Å². The maximum Gasteiger partial charge on any atom is 0.529 e. The minimum absolute atomic E-state index is 0.812. The smallest absolute Gasteiger partial charge is 0.375 e. The van der Waals surface area contributed by atoms with Crippen molar-refractivity contribution in [3.05, 3.63) is 0 Å². The summed E-state index contributed by atoms with van der Waals surface area (Å²) in [6, 6.07) is 0. The molecule has 0 aliphatic heterocycles. The molecule has 0 bridgehead atoms. The van der Waals surface area contributed by atoms with Crippen molar-refractivity contribution in [1.29, 1.82) is 0 Å². The van der Waals surface area contributed by atoms with Gasteiger partial charge in [0.25, 0.3) is 0 Å². The second kappa shape index (κ2) is 4.64. The van der Waals surface area contributed by atoms with Crippen LogP contribution < -0.4 is 0 Å². The molecule has 0 radical (unpaired) electrons. The van der Waals surface area contributed by atoms with Crippen molar-refractivity contribution < 1.29 is 18.1 Å². The van der Waals surface area contributed by atoms with Gasteiger partial charge in [0, 0.05) is 21.3 Å². The number of isocyanates is 1. The Bertz CT molecular complexity index is 200. The van der Waals surface area contributed by atoms with Gasteiger partial charge in [0.15, 0.2) is 0 Å². The predicted molar refractivity (Wildman–Crippen MR) is 49.0 cm³/mol. The van der Waals surface area contributed by atoms with Crippen molar-refractivity contribution in [2.75, 3.05) is 21.3 Å². The van der Waals surface area contributed by atoms with Crippen LogP contribution in [0.2, 0.25) is 0 Å². The fourth-order valence-corrected chi connectivity index (χ4v) is 3.36. The largest absolute Gasteiger partial charge is 0.529 e. The average molecular weight is 205 g/mol. The maximum atomic E-state index is 10.2. The molecule has 0 aromatic heterocycles. The van der Waals surface area contributed by atoms with Crippen molar-refractivity contribution in [1.82, 2.24) is 0 Å². The third kappa shape index (κ3) is 2.23. The van der Waals surface area contributed by atoms with Crippen LogP contribution in [0.15, 0.2) is 4.99 Å². The molecule has 0 amide bonds. The molecule has 0 heterocycles. The minimum atomic E-state index is -2.90. The van der Waals surface area contributed by atoms with E-state index in [1.165, 1.54) is 27.4 Å². The highest BCUT2D eigenvalue weighted by molar-refractivity contribution is 6.64. The molecule has 0 saturated carbocycles. The zero-order valence-electron chi connectivity index (χ0n) is 8.58.